The number of aromatic nitrogens is 1. The van der Waals surface area contributed by atoms with Gasteiger partial charge in [0, 0.05) is 18.7 Å². The molecular formula is C12H14N2O3. The van der Waals surface area contributed by atoms with E-state index in [1.165, 1.54) is 11.1 Å². The van der Waals surface area contributed by atoms with Crippen LogP contribution in [0.3, 0.4) is 0 Å². The molecule has 2 rings (SSSR count). The molecule has 5 heteroatoms. The average Bonchev–Trinajstić information content (AvgIpc) is 2.28. The molecule has 1 saturated heterocycles. The highest BCUT2D eigenvalue weighted by molar-refractivity contribution is 5.96. The first-order valence-electron chi connectivity index (χ1n) is 5.60. The number of aliphatic carboxylic acids is 1. The van der Waals surface area contributed by atoms with E-state index in [4.69, 9.17) is 5.11 Å². The Bertz CT molecular complexity index is 433. The molecule has 0 unspecified atom stereocenters. The van der Waals surface area contributed by atoms with E-state index in [0.717, 1.165) is 6.42 Å². The van der Waals surface area contributed by atoms with Gasteiger partial charge in [0.25, 0.3) is 5.91 Å². The molecule has 90 valence electrons. The third kappa shape index (κ3) is 2.00. The summed E-state index contributed by atoms with van der Waals surface area (Å²) in [4.78, 5) is 28.4. The molecule has 0 aliphatic carbocycles. The second-order valence-electron chi connectivity index (χ2n) is 4.12. The topological polar surface area (TPSA) is 70.5 Å². The molecule has 5 nitrogen and oxygen atoms in total. The lowest BCUT2D eigenvalue weighted by molar-refractivity contribution is -0.150. The molecule has 0 spiro atoms. The average molecular weight is 234 g/mol. The van der Waals surface area contributed by atoms with Crippen LogP contribution in [0.4, 0.5) is 0 Å². The molecular weight excluding hydrogens is 220 g/mol. The zero-order valence-corrected chi connectivity index (χ0v) is 9.54. The third-order valence-electron chi connectivity index (χ3n) is 3.14. The van der Waals surface area contributed by atoms with Gasteiger partial charge in [0.1, 0.15) is 11.7 Å². The van der Waals surface area contributed by atoms with Gasteiger partial charge < -0.3 is 10.0 Å². The van der Waals surface area contributed by atoms with Gasteiger partial charge in [-0.05, 0) is 18.6 Å². The SMILES string of the molecule is CC[C@@H]1CN(C(=O)c2ccccn2)[C@@H]1C(=O)O. The second kappa shape index (κ2) is 4.53. The van der Waals surface area contributed by atoms with Crippen LogP contribution in [0.2, 0.25) is 0 Å². The molecule has 2 atom stereocenters. The molecule has 0 bridgehead atoms. The van der Waals surface area contributed by atoms with Gasteiger partial charge in [0.15, 0.2) is 0 Å². The van der Waals surface area contributed by atoms with Gasteiger partial charge in [-0.3, -0.25) is 9.78 Å². The summed E-state index contributed by atoms with van der Waals surface area (Å²) in [5.74, 6) is -1.18. The van der Waals surface area contributed by atoms with Crippen molar-refractivity contribution < 1.29 is 14.7 Å². The highest BCUT2D eigenvalue weighted by atomic mass is 16.4. The van der Waals surface area contributed by atoms with Gasteiger partial charge in [0.05, 0.1) is 0 Å². The smallest absolute Gasteiger partial charge is 0.326 e. The highest BCUT2D eigenvalue weighted by Gasteiger charge is 2.45. The van der Waals surface area contributed by atoms with Gasteiger partial charge in [0.2, 0.25) is 0 Å². The number of carbonyl (C=O) groups excluding carboxylic acids is 1. The first-order chi connectivity index (χ1) is 8.15. The number of carboxylic acids is 1. The molecule has 0 radical (unpaired) electrons. The number of likely N-dealkylation sites (tertiary alicyclic amines) is 1. The fourth-order valence-electron chi connectivity index (χ4n) is 2.12. The Labute approximate surface area is 99.1 Å². The number of amides is 1. The molecule has 2 heterocycles. The Morgan fingerprint density at radius 2 is 2.29 bits per heavy atom. The van der Waals surface area contributed by atoms with E-state index in [9.17, 15) is 9.59 Å². The number of carboxylic acid groups (broad SMARTS) is 1. The summed E-state index contributed by atoms with van der Waals surface area (Å²) in [6.07, 6.45) is 2.29. The summed E-state index contributed by atoms with van der Waals surface area (Å²) in [6, 6.07) is 4.33. The number of pyridine rings is 1. The van der Waals surface area contributed by atoms with E-state index in [1.807, 2.05) is 6.92 Å². The third-order valence-corrected chi connectivity index (χ3v) is 3.14. The fourth-order valence-corrected chi connectivity index (χ4v) is 2.12. The lowest BCUT2D eigenvalue weighted by Gasteiger charge is -2.45. The van der Waals surface area contributed by atoms with Crippen LogP contribution >= 0.6 is 0 Å². The van der Waals surface area contributed by atoms with Crippen LogP contribution in [-0.4, -0.2) is 39.5 Å². The molecule has 1 N–H and O–H groups in total. The van der Waals surface area contributed by atoms with Crippen LogP contribution in [-0.2, 0) is 4.79 Å². The van der Waals surface area contributed by atoms with Gasteiger partial charge in [-0.25, -0.2) is 4.79 Å². The predicted octanol–water partition coefficient (Wildman–Crippen LogP) is 1.02. The van der Waals surface area contributed by atoms with Gasteiger partial charge >= 0.3 is 5.97 Å². The summed E-state index contributed by atoms with van der Waals surface area (Å²) in [5, 5.41) is 9.09. The quantitative estimate of drug-likeness (QED) is 0.847. The maximum Gasteiger partial charge on any atom is 0.326 e. The van der Waals surface area contributed by atoms with Crippen molar-refractivity contribution in [2.75, 3.05) is 6.54 Å². The molecule has 0 saturated carbocycles. The predicted molar refractivity (Wildman–Crippen MR) is 60.5 cm³/mol. The summed E-state index contributed by atoms with van der Waals surface area (Å²) in [7, 11) is 0. The summed E-state index contributed by atoms with van der Waals surface area (Å²) < 4.78 is 0. The van der Waals surface area contributed by atoms with E-state index in [2.05, 4.69) is 4.98 Å². The van der Waals surface area contributed by atoms with Gasteiger partial charge in [-0.15, -0.1) is 0 Å². The molecule has 1 aliphatic heterocycles. The number of carbonyl (C=O) groups is 2. The van der Waals surface area contributed by atoms with Crippen molar-refractivity contribution in [3.8, 4) is 0 Å². The lowest BCUT2D eigenvalue weighted by Crippen LogP contribution is -2.62. The Morgan fingerprint density at radius 3 is 2.82 bits per heavy atom. The lowest BCUT2D eigenvalue weighted by atomic mass is 9.86. The molecule has 0 aromatic carbocycles. The van der Waals surface area contributed by atoms with Crippen molar-refractivity contribution in [1.29, 1.82) is 0 Å². The van der Waals surface area contributed by atoms with E-state index >= 15 is 0 Å². The maximum atomic E-state index is 12.0. The highest BCUT2D eigenvalue weighted by Crippen LogP contribution is 2.29. The van der Waals surface area contributed by atoms with Crippen LogP contribution in [0, 0.1) is 5.92 Å². The maximum absolute atomic E-state index is 12.0. The van der Waals surface area contributed by atoms with Crippen molar-refractivity contribution in [2.24, 2.45) is 5.92 Å². The van der Waals surface area contributed by atoms with Crippen molar-refractivity contribution in [2.45, 2.75) is 19.4 Å². The molecule has 1 aliphatic rings. The first-order valence-corrected chi connectivity index (χ1v) is 5.60. The Balaban J connectivity index is 2.14. The van der Waals surface area contributed by atoms with Crippen molar-refractivity contribution in [1.82, 2.24) is 9.88 Å². The fraction of sp³-hybridized carbons (Fsp3) is 0.417. The van der Waals surface area contributed by atoms with E-state index in [0.29, 0.717) is 12.2 Å². The minimum atomic E-state index is -0.938. The molecule has 1 fully saturated rings. The van der Waals surface area contributed by atoms with E-state index < -0.39 is 12.0 Å². The number of hydrogen-bond acceptors (Lipinski definition) is 3. The van der Waals surface area contributed by atoms with E-state index in [-0.39, 0.29) is 11.8 Å². The minimum absolute atomic E-state index is 0.0557. The van der Waals surface area contributed by atoms with Crippen LogP contribution < -0.4 is 0 Å². The second-order valence-corrected chi connectivity index (χ2v) is 4.12. The summed E-state index contributed by atoms with van der Waals surface area (Å²) in [6.45, 7) is 2.44. The molecule has 1 amide bonds. The molecule has 1 aromatic rings. The van der Waals surface area contributed by atoms with Crippen LogP contribution in [0.25, 0.3) is 0 Å². The van der Waals surface area contributed by atoms with Crippen LogP contribution in [0.5, 0.6) is 0 Å². The van der Waals surface area contributed by atoms with Gasteiger partial charge in [-0.2, -0.15) is 0 Å². The Kier molecular flexibility index (Phi) is 3.08. The zero-order chi connectivity index (χ0) is 12.4. The Hall–Kier alpha value is -1.91. The van der Waals surface area contributed by atoms with Crippen molar-refractivity contribution >= 4 is 11.9 Å². The number of rotatable bonds is 3. The molecule has 17 heavy (non-hydrogen) atoms. The summed E-state index contributed by atoms with van der Waals surface area (Å²) >= 11 is 0. The summed E-state index contributed by atoms with van der Waals surface area (Å²) in [5.41, 5.74) is 0.299. The minimum Gasteiger partial charge on any atom is -0.480 e. The van der Waals surface area contributed by atoms with E-state index in [1.54, 1.807) is 18.2 Å². The zero-order valence-electron chi connectivity index (χ0n) is 9.54. The normalized spacial score (nSPS) is 23.0. The van der Waals surface area contributed by atoms with Gasteiger partial charge in [-0.1, -0.05) is 13.0 Å². The molecule has 1 aromatic heterocycles. The van der Waals surface area contributed by atoms with Crippen LogP contribution in [0.15, 0.2) is 24.4 Å². The number of nitrogens with zero attached hydrogens (tertiary/aromatic N) is 2. The Morgan fingerprint density at radius 1 is 1.53 bits per heavy atom. The first kappa shape index (κ1) is 11.6. The number of hydrogen-bond donors (Lipinski definition) is 1. The van der Waals surface area contributed by atoms with Crippen molar-refractivity contribution in [3.63, 3.8) is 0 Å². The largest absolute Gasteiger partial charge is 0.480 e. The standard InChI is InChI=1S/C12H14N2O3/c1-2-8-7-14(10(8)12(16)17)11(15)9-5-3-4-6-13-9/h3-6,8,10H,2,7H2,1H3,(H,16,17)/t8-,10+/m1/s1. The van der Waals surface area contributed by atoms with Crippen LogP contribution in [0.1, 0.15) is 23.8 Å². The monoisotopic (exact) mass is 234 g/mol. The van der Waals surface area contributed by atoms with Crippen molar-refractivity contribution in [3.05, 3.63) is 30.1 Å².